The van der Waals surface area contributed by atoms with Gasteiger partial charge in [0, 0.05) is 25.1 Å². The summed E-state index contributed by atoms with van der Waals surface area (Å²) in [4.78, 5) is 0. The summed E-state index contributed by atoms with van der Waals surface area (Å²) in [5.74, 6) is 0.291. The molecule has 3 nitrogen and oxygen atoms in total. The van der Waals surface area contributed by atoms with Crippen molar-refractivity contribution in [3.63, 3.8) is 0 Å². The van der Waals surface area contributed by atoms with Crippen molar-refractivity contribution in [2.75, 3.05) is 20.3 Å². The zero-order valence-corrected chi connectivity index (χ0v) is 11.0. The van der Waals surface area contributed by atoms with E-state index in [-0.39, 0.29) is 11.5 Å². The Kier molecular flexibility index (Phi) is 6.41. The molecule has 0 rings (SSSR count). The third-order valence-electron chi connectivity index (χ3n) is 2.75. The zero-order chi connectivity index (χ0) is 12.1. The molecule has 0 spiro atoms. The second-order valence-electron chi connectivity index (χ2n) is 5.41. The molecule has 0 amide bonds. The van der Waals surface area contributed by atoms with Gasteiger partial charge in [0.25, 0.3) is 0 Å². The van der Waals surface area contributed by atoms with Gasteiger partial charge in [0.2, 0.25) is 0 Å². The molecule has 3 heteroatoms. The summed E-state index contributed by atoms with van der Waals surface area (Å²) >= 11 is 0. The predicted octanol–water partition coefficient (Wildman–Crippen LogP) is 1.65. The smallest absolute Gasteiger partial charge is 0.0626 e. The molecule has 0 bridgehead atoms. The predicted molar refractivity (Wildman–Crippen MR) is 64.0 cm³/mol. The van der Waals surface area contributed by atoms with Crippen LogP contribution in [-0.2, 0) is 4.74 Å². The monoisotopic (exact) mass is 217 g/mol. The van der Waals surface area contributed by atoms with E-state index in [1.54, 1.807) is 7.11 Å². The molecule has 2 N–H and O–H groups in total. The van der Waals surface area contributed by atoms with Crippen LogP contribution in [0.25, 0.3) is 0 Å². The van der Waals surface area contributed by atoms with Crippen molar-refractivity contribution >= 4 is 0 Å². The first-order valence-corrected chi connectivity index (χ1v) is 5.71. The molecule has 0 aromatic heterocycles. The van der Waals surface area contributed by atoms with Crippen molar-refractivity contribution in [3.8, 4) is 0 Å². The number of aliphatic hydroxyl groups is 1. The normalized spacial score (nSPS) is 16.8. The fourth-order valence-electron chi connectivity index (χ4n) is 1.75. The Labute approximate surface area is 94.2 Å². The van der Waals surface area contributed by atoms with Crippen molar-refractivity contribution in [2.24, 2.45) is 11.3 Å². The molecule has 92 valence electrons. The minimum absolute atomic E-state index is 0.101. The molecule has 2 unspecified atom stereocenters. The lowest BCUT2D eigenvalue weighted by molar-refractivity contribution is 0.0108. The molecule has 0 aliphatic carbocycles. The molecule has 15 heavy (non-hydrogen) atoms. The maximum Gasteiger partial charge on any atom is 0.0626 e. The van der Waals surface area contributed by atoms with Crippen LogP contribution in [-0.4, -0.2) is 37.5 Å². The highest BCUT2D eigenvalue weighted by Crippen LogP contribution is 2.25. The summed E-state index contributed by atoms with van der Waals surface area (Å²) in [5.41, 5.74) is -0.101. The number of hydrogen-bond donors (Lipinski definition) is 2. The number of ether oxygens (including phenoxy) is 1. The average Bonchev–Trinajstić information content (AvgIpc) is 2.14. The Balaban J connectivity index is 4.03. The van der Waals surface area contributed by atoms with Crippen molar-refractivity contribution < 1.29 is 9.84 Å². The molecule has 0 aliphatic rings. The molecule has 0 radical (unpaired) electrons. The lowest BCUT2D eigenvalue weighted by Crippen LogP contribution is -2.45. The molecule has 0 aliphatic heterocycles. The lowest BCUT2D eigenvalue weighted by atomic mass is 9.80. The van der Waals surface area contributed by atoms with Crippen LogP contribution in [0.1, 0.15) is 34.6 Å². The molecule has 0 aromatic carbocycles. The van der Waals surface area contributed by atoms with Gasteiger partial charge < -0.3 is 15.2 Å². The van der Waals surface area contributed by atoms with E-state index < -0.39 is 0 Å². The molecule has 0 saturated carbocycles. The molecule has 0 fully saturated rings. The average molecular weight is 217 g/mol. The number of aliphatic hydroxyl groups excluding tert-OH is 1. The molecule has 0 heterocycles. The van der Waals surface area contributed by atoms with Gasteiger partial charge in [-0.3, -0.25) is 0 Å². The van der Waals surface area contributed by atoms with Crippen LogP contribution in [0, 0.1) is 11.3 Å². The maximum absolute atomic E-state index is 10.0. The standard InChI is InChI=1S/C12H27NO2/c1-9(2)11(14)12(4,5)8-13-10(3)7-15-6/h9-11,13-14H,7-8H2,1-6H3. The highest BCUT2D eigenvalue weighted by molar-refractivity contribution is 4.82. The molecule has 0 saturated heterocycles. The fourth-order valence-corrected chi connectivity index (χ4v) is 1.75. The first-order valence-electron chi connectivity index (χ1n) is 5.71. The van der Waals surface area contributed by atoms with E-state index in [1.807, 2.05) is 13.8 Å². The van der Waals surface area contributed by atoms with Crippen LogP contribution < -0.4 is 5.32 Å². The van der Waals surface area contributed by atoms with E-state index in [0.717, 1.165) is 6.54 Å². The Hall–Kier alpha value is -0.120. The molecule has 2 atom stereocenters. The van der Waals surface area contributed by atoms with Crippen LogP contribution in [0.3, 0.4) is 0 Å². The van der Waals surface area contributed by atoms with Crippen LogP contribution in [0.2, 0.25) is 0 Å². The van der Waals surface area contributed by atoms with Gasteiger partial charge in [-0.05, 0) is 12.8 Å². The van der Waals surface area contributed by atoms with E-state index >= 15 is 0 Å². The quantitative estimate of drug-likeness (QED) is 0.681. The summed E-state index contributed by atoms with van der Waals surface area (Å²) in [6, 6.07) is 0.327. The highest BCUT2D eigenvalue weighted by atomic mass is 16.5. The second kappa shape index (κ2) is 6.46. The SMILES string of the molecule is COCC(C)NCC(C)(C)C(O)C(C)C. The van der Waals surface area contributed by atoms with E-state index in [9.17, 15) is 5.11 Å². The van der Waals surface area contributed by atoms with Crippen LogP contribution in [0.5, 0.6) is 0 Å². The summed E-state index contributed by atoms with van der Waals surface area (Å²) in [7, 11) is 1.70. The van der Waals surface area contributed by atoms with Crippen molar-refractivity contribution in [1.29, 1.82) is 0 Å². The summed E-state index contributed by atoms with van der Waals surface area (Å²) < 4.78 is 5.05. The number of hydrogen-bond acceptors (Lipinski definition) is 3. The van der Waals surface area contributed by atoms with E-state index in [4.69, 9.17) is 4.74 Å². The van der Waals surface area contributed by atoms with Gasteiger partial charge in [-0.25, -0.2) is 0 Å². The second-order valence-corrected chi connectivity index (χ2v) is 5.41. The highest BCUT2D eigenvalue weighted by Gasteiger charge is 2.30. The minimum atomic E-state index is -0.278. The van der Waals surface area contributed by atoms with E-state index in [2.05, 4.69) is 26.1 Å². The van der Waals surface area contributed by atoms with Gasteiger partial charge in [0.15, 0.2) is 0 Å². The molecular formula is C12H27NO2. The van der Waals surface area contributed by atoms with Crippen molar-refractivity contribution in [1.82, 2.24) is 5.32 Å². The van der Waals surface area contributed by atoms with E-state index in [0.29, 0.717) is 18.6 Å². The maximum atomic E-state index is 10.0. The van der Waals surface area contributed by atoms with Gasteiger partial charge in [-0.1, -0.05) is 27.7 Å². The number of rotatable bonds is 7. The van der Waals surface area contributed by atoms with Gasteiger partial charge in [-0.15, -0.1) is 0 Å². The number of nitrogens with one attached hydrogen (secondary N) is 1. The Bertz CT molecular complexity index is 169. The minimum Gasteiger partial charge on any atom is -0.392 e. The summed E-state index contributed by atoms with van der Waals surface area (Å²) in [5, 5.41) is 13.4. The first-order chi connectivity index (χ1) is 6.81. The largest absolute Gasteiger partial charge is 0.392 e. The van der Waals surface area contributed by atoms with Gasteiger partial charge in [-0.2, -0.15) is 0 Å². The van der Waals surface area contributed by atoms with Crippen molar-refractivity contribution in [2.45, 2.75) is 46.8 Å². The zero-order valence-electron chi connectivity index (χ0n) is 11.0. The van der Waals surface area contributed by atoms with Crippen LogP contribution >= 0.6 is 0 Å². The summed E-state index contributed by atoms with van der Waals surface area (Å²) in [6.45, 7) is 11.9. The summed E-state index contributed by atoms with van der Waals surface area (Å²) in [6.07, 6.45) is -0.278. The Morgan fingerprint density at radius 2 is 1.80 bits per heavy atom. The van der Waals surface area contributed by atoms with Crippen LogP contribution in [0.15, 0.2) is 0 Å². The van der Waals surface area contributed by atoms with E-state index in [1.165, 1.54) is 0 Å². The molecular weight excluding hydrogens is 190 g/mol. The van der Waals surface area contributed by atoms with Gasteiger partial charge in [0.1, 0.15) is 0 Å². The van der Waals surface area contributed by atoms with Gasteiger partial charge in [0.05, 0.1) is 12.7 Å². The van der Waals surface area contributed by atoms with Crippen molar-refractivity contribution in [3.05, 3.63) is 0 Å². The Morgan fingerprint density at radius 3 is 2.20 bits per heavy atom. The number of methoxy groups -OCH3 is 1. The first kappa shape index (κ1) is 14.9. The lowest BCUT2D eigenvalue weighted by Gasteiger charge is -2.34. The third-order valence-corrected chi connectivity index (χ3v) is 2.75. The third kappa shape index (κ3) is 5.50. The van der Waals surface area contributed by atoms with Crippen LogP contribution in [0.4, 0.5) is 0 Å². The Morgan fingerprint density at radius 1 is 1.27 bits per heavy atom. The molecule has 0 aromatic rings. The topological polar surface area (TPSA) is 41.5 Å². The fraction of sp³-hybridized carbons (Fsp3) is 1.00. The van der Waals surface area contributed by atoms with Gasteiger partial charge >= 0.3 is 0 Å².